The molecule has 1 aliphatic carbocycles. The summed E-state index contributed by atoms with van der Waals surface area (Å²) < 4.78 is 40.6. The smallest absolute Gasteiger partial charge is 0.368 e. The summed E-state index contributed by atoms with van der Waals surface area (Å²) >= 11 is 3.38. The first-order chi connectivity index (χ1) is 6.49. The number of rotatable bonds is 2. The fraction of sp³-hybridized carbons (Fsp3) is 1.00. The van der Waals surface area contributed by atoms with Crippen LogP contribution in [0.4, 0.5) is 13.2 Å². The van der Waals surface area contributed by atoms with Crippen LogP contribution in [0, 0.1) is 0 Å². The third-order valence-corrected chi connectivity index (χ3v) is 3.38. The second-order valence-corrected chi connectivity index (χ2v) is 4.79. The first-order valence-electron chi connectivity index (χ1n) is 4.81. The molecule has 2 atom stereocenters. The van der Waals surface area contributed by atoms with E-state index in [-0.39, 0.29) is 10.9 Å². The highest BCUT2D eigenvalue weighted by atomic mass is 79.9. The number of hydrogen-bond acceptors (Lipinski definition) is 1. The Balaban J connectivity index is 2.33. The molecule has 1 rings (SSSR count). The molecular formula is C9H14BrF3O. The second-order valence-electron chi connectivity index (χ2n) is 3.62. The SMILES string of the molecule is FC(F)(F)COC1CCCCCC1Br. The van der Waals surface area contributed by atoms with E-state index in [2.05, 4.69) is 15.9 Å². The third kappa shape index (κ3) is 4.64. The Morgan fingerprint density at radius 3 is 2.43 bits per heavy atom. The summed E-state index contributed by atoms with van der Waals surface area (Å²) in [6, 6.07) is 0. The molecule has 84 valence electrons. The lowest BCUT2D eigenvalue weighted by Gasteiger charge is -2.21. The Bertz CT molecular complexity index is 172. The zero-order valence-corrected chi connectivity index (χ0v) is 9.40. The van der Waals surface area contributed by atoms with Crippen LogP contribution < -0.4 is 0 Å². The van der Waals surface area contributed by atoms with Crippen molar-refractivity contribution in [3.63, 3.8) is 0 Å². The van der Waals surface area contributed by atoms with Gasteiger partial charge in [0.15, 0.2) is 0 Å². The molecule has 0 spiro atoms. The number of halogens is 4. The van der Waals surface area contributed by atoms with E-state index >= 15 is 0 Å². The molecule has 0 heterocycles. The largest absolute Gasteiger partial charge is 0.411 e. The monoisotopic (exact) mass is 274 g/mol. The van der Waals surface area contributed by atoms with E-state index in [1.165, 1.54) is 0 Å². The molecule has 0 aromatic rings. The lowest BCUT2D eigenvalue weighted by atomic mass is 10.1. The maximum atomic E-state index is 11.9. The molecule has 2 unspecified atom stereocenters. The summed E-state index contributed by atoms with van der Waals surface area (Å²) in [7, 11) is 0. The van der Waals surface area contributed by atoms with Crippen molar-refractivity contribution in [2.45, 2.75) is 49.2 Å². The van der Waals surface area contributed by atoms with Crippen LogP contribution in [0.3, 0.4) is 0 Å². The molecule has 5 heteroatoms. The van der Waals surface area contributed by atoms with Crippen molar-refractivity contribution >= 4 is 15.9 Å². The van der Waals surface area contributed by atoms with Crippen LogP contribution in [-0.4, -0.2) is 23.7 Å². The van der Waals surface area contributed by atoms with Gasteiger partial charge in [-0.25, -0.2) is 0 Å². The number of ether oxygens (including phenoxy) is 1. The van der Waals surface area contributed by atoms with Crippen molar-refractivity contribution in [2.75, 3.05) is 6.61 Å². The average Bonchev–Trinajstić information content (AvgIpc) is 2.25. The first-order valence-corrected chi connectivity index (χ1v) is 5.73. The predicted molar refractivity (Wildman–Crippen MR) is 51.6 cm³/mol. The normalized spacial score (nSPS) is 30.0. The summed E-state index contributed by atoms with van der Waals surface area (Å²) in [5, 5.41) is 0. The summed E-state index contributed by atoms with van der Waals surface area (Å²) in [6.45, 7) is -1.13. The predicted octanol–water partition coefficient (Wildman–Crippen LogP) is 3.66. The fourth-order valence-corrected chi connectivity index (χ4v) is 2.36. The van der Waals surface area contributed by atoms with Gasteiger partial charge in [0, 0.05) is 4.83 Å². The number of alkyl halides is 4. The quantitative estimate of drug-likeness (QED) is 0.552. The molecule has 0 amide bonds. The molecule has 1 fully saturated rings. The topological polar surface area (TPSA) is 9.23 Å². The van der Waals surface area contributed by atoms with Crippen LogP contribution in [0.15, 0.2) is 0 Å². The molecule has 0 aliphatic heterocycles. The van der Waals surface area contributed by atoms with Gasteiger partial charge in [0.25, 0.3) is 0 Å². The lowest BCUT2D eigenvalue weighted by Crippen LogP contribution is -2.28. The van der Waals surface area contributed by atoms with Crippen LogP contribution in [0.1, 0.15) is 32.1 Å². The minimum atomic E-state index is -4.21. The van der Waals surface area contributed by atoms with Crippen LogP contribution >= 0.6 is 15.9 Å². The van der Waals surface area contributed by atoms with Gasteiger partial charge in [-0.3, -0.25) is 0 Å². The van der Waals surface area contributed by atoms with Crippen molar-refractivity contribution in [2.24, 2.45) is 0 Å². The van der Waals surface area contributed by atoms with Gasteiger partial charge in [-0.05, 0) is 12.8 Å². The molecule has 0 bridgehead atoms. The molecule has 1 aliphatic rings. The summed E-state index contributed by atoms with van der Waals surface area (Å²) in [5.41, 5.74) is 0. The highest BCUT2D eigenvalue weighted by Crippen LogP contribution is 2.27. The van der Waals surface area contributed by atoms with Crippen molar-refractivity contribution < 1.29 is 17.9 Å². The molecule has 0 aromatic heterocycles. The summed E-state index contributed by atoms with van der Waals surface area (Å²) in [6.07, 6.45) is 0.271. The average molecular weight is 275 g/mol. The molecule has 0 saturated heterocycles. The minimum absolute atomic E-state index is 0.0762. The molecule has 0 radical (unpaired) electrons. The molecule has 0 N–H and O–H groups in total. The standard InChI is InChI=1S/C9H14BrF3O/c10-7-4-2-1-3-5-8(7)14-6-9(11,12)13/h7-8H,1-6H2. The highest BCUT2D eigenvalue weighted by molar-refractivity contribution is 9.09. The molecule has 0 aromatic carbocycles. The first kappa shape index (κ1) is 12.3. The van der Waals surface area contributed by atoms with E-state index in [0.717, 1.165) is 32.1 Å². The molecular weight excluding hydrogens is 261 g/mol. The van der Waals surface area contributed by atoms with Gasteiger partial charge in [0.05, 0.1) is 6.10 Å². The van der Waals surface area contributed by atoms with E-state index in [1.807, 2.05) is 0 Å². The van der Waals surface area contributed by atoms with Gasteiger partial charge in [0.1, 0.15) is 6.61 Å². The Kier molecular flexibility index (Phi) is 4.70. The van der Waals surface area contributed by atoms with Crippen LogP contribution in [0.25, 0.3) is 0 Å². The van der Waals surface area contributed by atoms with Crippen molar-refractivity contribution in [3.05, 3.63) is 0 Å². The number of hydrogen-bond donors (Lipinski definition) is 0. The van der Waals surface area contributed by atoms with E-state index in [9.17, 15) is 13.2 Å². The fourth-order valence-electron chi connectivity index (χ4n) is 1.62. The van der Waals surface area contributed by atoms with Gasteiger partial charge in [0.2, 0.25) is 0 Å². The Morgan fingerprint density at radius 1 is 1.14 bits per heavy atom. The van der Waals surface area contributed by atoms with E-state index in [4.69, 9.17) is 4.74 Å². The van der Waals surface area contributed by atoms with Crippen molar-refractivity contribution in [1.29, 1.82) is 0 Å². The summed E-state index contributed by atoms with van der Waals surface area (Å²) in [4.78, 5) is 0.0762. The minimum Gasteiger partial charge on any atom is -0.368 e. The third-order valence-electron chi connectivity index (χ3n) is 2.33. The van der Waals surface area contributed by atoms with Gasteiger partial charge in [-0.15, -0.1) is 0 Å². The van der Waals surface area contributed by atoms with Gasteiger partial charge >= 0.3 is 6.18 Å². The maximum absolute atomic E-state index is 11.9. The maximum Gasteiger partial charge on any atom is 0.411 e. The molecule has 1 saturated carbocycles. The Morgan fingerprint density at radius 2 is 1.79 bits per heavy atom. The van der Waals surface area contributed by atoms with E-state index in [0.29, 0.717) is 0 Å². The zero-order chi connectivity index (χ0) is 10.6. The zero-order valence-electron chi connectivity index (χ0n) is 7.82. The van der Waals surface area contributed by atoms with E-state index in [1.54, 1.807) is 0 Å². The van der Waals surface area contributed by atoms with Crippen molar-refractivity contribution in [3.8, 4) is 0 Å². The second kappa shape index (κ2) is 5.35. The van der Waals surface area contributed by atoms with Crippen LogP contribution in [0.5, 0.6) is 0 Å². The summed E-state index contributed by atoms with van der Waals surface area (Å²) in [5.74, 6) is 0. The van der Waals surface area contributed by atoms with Crippen LogP contribution in [-0.2, 0) is 4.74 Å². The molecule has 1 nitrogen and oxygen atoms in total. The van der Waals surface area contributed by atoms with Gasteiger partial charge in [-0.1, -0.05) is 35.2 Å². The highest BCUT2D eigenvalue weighted by Gasteiger charge is 2.31. The van der Waals surface area contributed by atoms with Crippen molar-refractivity contribution in [1.82, 2.24) is 0 Å². The molecule has 14 heavy (non-hydrogen) atoms. The lowest BCUT2D eigenvalue weighted by molar-refractivity contribution is -0.185. The van der Waals surface area contributed by atoms with E-state index < -0.39 is 12.8 Å². The Hall–Kier alpha value is 0.230. The van der Waals surface area contributed by atoms with Crippen LogP contribution in [0.2, 0.25) is 0 Å². The van der Waals surface area contributed by atoms with Gasteiger partial charge < -0.3 is 4.74 Å². The van der Waals surface area contributed by atoms with Gasteiger partial charge in [-0.2, -0.15) is 13.2 Å². The Labute approximate surface area is 90.1 Å².